The van der Waals surface area contributed by atoms with Crippen molar-refractivity contribution >= 4 is 45.7 Å². The van der Waals surface area contributed by atoms with Gasteiger partial charge in [-0.05, 0) is 66.9 Å². The summed E-state index contributed by atoms with van der Waals surface area (Å²) in [5.74, 6) is -0.650. The molecule has 0 saturated carbocycles. The first kappa shape index (κ1) is 27.9. The molecule has 0 spiro atoms. The molecule has 0 bridgehead atoms. The molecule has 210 valence electrons. The number of hydrogen-bond donors (Lipinski definition) is 1. The molecule has 2 aliphatic rings. The third kappa shape index (κ3) is 6.07. The molecule has 1 aromatic heterocycles. The second kappa shape index (κ2) is 11.1. The topological polar surface area (TPSA) is 96.8 Å². The van der Waals surface area contributed by atoms with E-state index in [4.69, 9.17) is 5.73 Å². The van der Waals surface area contributed by atoms with E-state index in [0.29, 0.717) is 21.2 Å². The Labute approximate surface area is 233 Å². The van der Waals surface area contributed by atoms with Gasteiger partial charge in [0.05, 0.1) is 35.3 Å². The van der Waals surface area contributed by atoms with Crippen molar-refractivity contribution in [3.8, 4) is 0 Å². The molecule has 2 aromatic carbocycles. The van der Waals surface area contributed by atoms with E-state index in [1.54, 1.807) is 36.0 Å². The molecule has 0 atom stereocenters. The smallest absolute Gasteiger partial charge is 0.369 e. The lowest BCUT2D eigenvalue weighted by molar-refractivity contribution is -0.138. The van der Waals surface area contributed by atoms with E-state index >= 15 is 0 Å². The van der Waals surface area contributed by atoms with Gasteiger partial charge in [0.15, 0.2) is 5.17 Å². The minimum Gasteiger partial charge on any atom is -0.369 e. The molecule has 2 amide bonds. The Morgan fingerprint density at radius 2 is 1.95 bits per heavy atom. The summed E-state index contributed by atoms with van der Waals surface area (Å²) in [4.78, 5) is 32.7. The molecule has 12 heteroatoms. The summed E-state index contributed by atoms with van der Waals surface area (Å²) in [6, 6.07) is 9.99. The molecule has 1 saturated heterocycles. The number of amides is 2. The first-order valence-corrected chi connectivity index (χ1v) is 13.7. The Morgan fingerprint density at radius 3 is 2.65 bits per heavy atom. The highest BCUT2D eigenvalue weighted by Crippen LogP contribution is 2.34. The number of rotatable bonds is 6. The Hall–Kier alpha value is -3.64. The van der Waals surface area contributed by atoms with E-state index in [2.05, 4.69) is 10.1 Å². The number of amidine groups is 1. The summed E-state index contributed by atoms with van der Waals surface area (Å²) in [7, 11) is 1.93. The van der Waals surface area contributed by atoms with Gasteiger partial charge in [0.25, 0.3) is 5.91 Å². The lowest BCUT2D eigenvalue weighted by Crippen LogP contribution is -2.46. The van der Waals surface area contributed by atoms with E-state index in [0.717, 1.165) is 42.9 Å². The van der Waals surface area contributed by atoms with E-state index in [9.17, 15) is 22.8 Å². The standard InChI is InChI=1S/C28H29F3N6O2S/c1-17-3-5-19(22(11-17)28(29,30)31)15-37-23-6-4-18(12-20(23)14-33-37)13-24-26(39)34-27(40-24)35(2)21-7-9-36(10-8-21)16-25(32)38/h3-6,11-14,21H,7-10,15-16H2,1-2H3,(H2,32,38)/b24-13-. The van der Waals surface area contributed by atoms with Crippen LogP contribution in [0.3, 0.4) is 0 Å². The van der Waals surface area contributed by atoms with Crippen LogP contribution in [0.5, 0.6) is 0 Å². The highest BCUT2D eigenvalue weighted by atomic mass is 32.2. The molecule has 0 radical (unpaired) electrons. The van der Waals surface area contributed by atoms with Crippen molar-refractivity contribution in [3.63, 3.8) is 0 Å². The fourth-order valence-electron chi connectivity index (χ4n) is 5.12. The number of aliphatic imine (C=N–C) groups is 1. The predicted octanol–water partition coefficient (Wildman–Crippen LogP) is 4.26. The van der Waals surface area contributed by atoms with Crippen LogP contribution >= 0.6 is 11.8 Å². The number of primary amides is 1. The van der Waals surface area contributed by atoms with Gasteiger partial charge >= 0.3 is 6.18 Å². The number of alkyl halides is 3. The Kier molecular flexibility index (Phi) is 7.74. The zero-order valence-electron chi connectivity index (χ0n) is 22.1. The van der Waals surface area contributed by atoms with Crippen molar-refractivity contribution < 1.29 is 22.8 Å². The average Bonchev–Trinajstić information content (AvgIpc) is 3.47. The number of benzene rings is 2. The van der Waals surface area contributed by atoms with E-state index in [1.807, 2.05) is 29.0 Å². The summed E-state index contributed by atoms with van der Waals surface area (Å²) >= 11 is 1.32. The number of thioether (sulfide) groups is 1. The van der Waals surface area contributed by atoms with Crippen molar-refractivity contribution in [2.45, 2.75) is 38.5 Å². The SMILES string of the molecule is Cc1ccc(Cn2ncc3cc(/C=C4\SC(N(C)C5CCN(CC(N)=O)CC5)=NC4=O)ccc32)c(C(F)(F)F)c1. The summed E-state index contributed by atoms with van der Waals surface area (Å²) in [5, 5.41) is 5.72. The largest absolute Gasteiger partial charge is 0.416 e. The predicted molar refractivity (Wildman–Crippen MR) is 149 cm³/mol. The second-order valence-corrected chi connectivity index (χ2v) is 11.2. The third-order valence-corrected chi connectivity index (χ3v) is 8.32. The first-order chi connectivity index (χ1) is 19.0. The van der Waals surface area contributed by atoms with Gasteiger partial charge in [-0.15, -0.1) is 0 Å². The molecule has 3 aromatic rings. The number of carbonyl (C=O) groups excluding carboxylic acids is 2. The molecular weight excluding hydrogens is 541 g/mol. The van der Waals surface area contributed by atoms with Crippen LogP contribution in [0.15, 0.2) is 52.5 Å². The Balaban J connectivity index is 1.28. The number of aryl methyl sites for hydroxylation is 1. The minimum absolute atomic E-state index is 0.0155. The van der Waals surface area contributed by atoms with Crippen LogP contribution in [0.2, 0.25) is 0 Å². The van der Waals surface area contributed by atoms with Crippen LogP contribution in [-0.4, -0.2) is 69.3 Å². The van der Waals surface area contributed by atoms with Crippen molar-refractivity contribution in [1.29, 1.82) is 0 Å². The number of hydrogen-bond acceptors (Lipinski definition) is 6. The van der Waals surface area contributed by atoms with Crippen LogP contribution < -0.4 is 5.73 Å². The minimum atomic E-state index is -4.45. The molecule has 1 fully saturated rings. The molecule has 2 aliphatic heterocycles. The van der Waals surface area contributed by atoms with Crippen LogP contribution in [0.25, 0.3) is 17.0 Å². The summed E-state index contributed by atoms with van der Waals surface area (Å²) in [6.45, 7) is 3.37. The Morgan fingerprint density at radius 1 is 1.20 bits per heavy atom. The molecular formula is C28H29F3N6O2S. The van der Waals surface area contributed by atoms with Crippen molar-refractivity contribution in [2.75, 3.05) is 26.7 Å². The number of aromatic nitrogens is 2. The van der Waals surface area contributed by atoms with Crippen molar-refractivity contribution in [2.24, 2.45) is 10.7 Å². The molecule has 40 heavy (non-hydrogen) atoms. The summed E-state index contributed by atoms with van der Waals surface area (Å²) in [5.41, 5.74) is 6.80. The van der Waals surface area contributed by atoms with Gasteiger partial charge in [-0.1, -0.05) is 23.8 Å². The van der Waals surface area contributed by atoms with Crippen molar-refractivity contribution in [1.82, 2.24) is 19.6 Å². The van der Waals surface area contributed by atoms with Crippen LogP contribution in [0.1, 0.15) is 35.1 Å². The number of nitrogens with two attached hydrogens (primary N) is 1. The zero-order chi connectivity index (χ0) is 28.6. The maximum Gasteiger partial charge on any atom is 0.416 e. The Bertz CT molecular complexity index is 1520. The maximum absolute atomic E-state index is 13.6. The molecule has 0 unspecified atom stereocenters. The fourth-order valence-corrected chi connectivity index (χ4v) is 6.06. The lowest BCUT2D eigenvalue weighted by atomic mass is 10.0. The fraction of sp³-hybridized carbons (Fsp3) is 0.357. The van der Waals surface area contributed by atoms with Gasteiger partial charge < -0.3 is 10.6 Å². The number of fused-ring (bicyclic) bond motifs is 1. The zero-order valence-corrected chi connectivity index (χ0v) is 22.9. The van der Waals surface area contributed by atoms with E-state index < -0.39 is 11.7 Å². The first-order valence-electron chi connectivity index (χ1n) is 12.9. The lowest BCUT2D eigenvalue weighted by Gasteiger charge is -2.36. The summed E-state index contributed by atoms with van der Waals surface area (Å²) < 4.78 is 42.3. The van der Waals surface area contributed by atoms with E-state index in [1.165, 1.54) is 17.8 Å². The number of halogens is 3. The van der Waals surface area contributed by atoms with Crippen molar-refractivity contribution in [3.05, 3.63) is 69.8 Å². The van der Waals surface area contributed by atoms with Gasteiger partial charge in [-0.2, -0.15) is 23.3 Å². The van der Waals surface area contributed by atoms with Crippen LogP contribution in [-0.2, 0) is 22.3 Å². The molecule has 5 rings (SSSR count). The average molecular weight is 571 g/mol. The van der Waals surface area contributed by atoms with Gasteiger partial charge in [-0.25, -0.2) is 0 Å². The number of piperidine rings is 1. The summed E-state index contributed by atoms with van der Waals surface area (Å²) in [6.07, 6.45) is 0.606. The second-order valence-electron chi connectivity index (χ2n) is 10.2. The van der Waals surface area contributed by atoms with Gasteiger partial charge in [0.1, 0.15) is 0 Å². The molecule has 8 nitrogen and oxygen atoms in total. The number of nitrogens with zero attached hydrogens (tertiary/aromatic N) is 5. The quantitative estimate of drug-likeness (QED) is 0.445. The maximum atomic E-state index is 13.6. The highest BCUT2D eigenvalue weighted by molar-refractivity contribution is 8.18. The number of likely N-dealkylation sites (tertiary alicyclic amines) is 1. The highest BCUT2D eigenvalue weighted by Gasteiger charge is 2.34. The van der Waals surface area contributed by atoms with Gasteiger partial charge in [-0.3, -0.25) is 19.2 Å². The molecule has 3 heterocycles. The van der Waals surface area contributed by atoms with Crippen LogP contribution in [0, 0.1) is 6.92 Å². The monoisotopic (exact) mass is 570 g/mol. The normalized spacial score (nSPS) is 18.1. The van der Waals surface area contributed by atoms with Gasteiger partial charge in [0.2, 0.25) is 5.91 Å². The van der Waals surface area contributed by atoms with Gasteiger partial charge in [0, 0.05) is 31.6 Å². The molecule has 0 aliphatic carbocycles. The van der Waals surface area contributed by atoms with Crippen LogP contribution in [0.4, 0.5) is 13.2 Å². The molecule has 2 N–H and O–H groups in total. The third-order valence-electron chi connectivity index (χ3n) is 7.25. The number of carbonyl (C=O) groups is 2. The van der Waals surface area contributed by atoms with E-state index in [-0.39, 0.29) is 36.5 Å².